The molecule has 0 saturated carbocycles. The molecule has 0 amide bonds. The normalized spacial score (nSPS) is 11.2. The van der Waals surface area contributed by atoms with E-state index in [1.807, 2.05) is 48.5 Å². The van der Waals surface area contributed by atoms with Crippen molar-refractivity contribution in [2.45, 2.75) is 0 Å². The summed E-state index contributed by atoms with van der Waals surface area (Å²) < 4.78 is 1.49. The van der Waals surface area contributed by atoms with Crippen molar-refractivity contribution in [1.82, 2.24) is 8.97 Å². The third-order valence-corrected chi connectivity index (χ3v) is 3.81. The molecular weight excluding hydrogens is 343 g/mol. The predicted octanol–water partition coefficient (Wildman–Crippen LogP) is -2.68. The zero-order valence-electron chi connectivity index (χ0n) is 15.2. The summed E-state index contributed by atoms with van der Waals surface area (Å²) in [7, 11) is 12.7. The molecule has 0 fully saturated rings. The maximum Gasteiger partial charge on any atom is 0.193 e. The molecule has 24 heavy (non-hydrogen) atoms. The number of hydrogen-bond donors (Lipinski definition) is 0. The van der Waals surface area contributed by atoms with Crippen molar-refractivity contribution in [1.29, 1.82) is 0 Å². The first-order chi connectivity index (χ1) is 10.1. The lowest BCUT2D eigenvalue weighted by molar-refractivity contribution is -0.001000. The molecule has 0 saturated heterocycles. The molecule has 0 spiro atoms. The van der Waals surface area contributed by atoms with Crippen molar-refractivity contribution < 1.29 is 29.6 Å². The Morgan fingerprint density at radius 3 is 1.04 bits per heavy atom. The standard InChI is InChI=1S/C19H26N2O.2ClH/c1-20(2,3)17-11-7-15(8-12-17)19(22)16-9-13-18(14-10-16)21(4,5)6;;/h7-14H,1-6H3;2*1H/q+2;;/p-2. The topological polar surface area (TPSA) is 17.1 Å². The summed E-state index contributed by atoms with van der Waals surface area (Å²) in [5, 5.41) is 0. The number of halogens is 2. The second kappa shape index (κ2) is 8.13. The highest BCUT2D eigenvalue weighted by atomic mass is 35.5. The number of carbonyl (C=O) groups is 1. The second-order valence-corrected chi connectivity index (χ2v) is 7.45. The van der Waals surface area contributed by atoms with E-state index in [0.29, 0.717) is 0 Å². The SMILES string of the molecule is C[N+](C)(C)c1ccc(C(=O)c2ccc([N+](C)(C)C)cc2)cc1.[Cl-].[Cl-]. The van der Waals surface area contributed by atoms with E-state index in [2.05, 4.69) is 42.3 Å². The van der Waals surface area contributed by atoms with E-state index < -0.39 is 0 Å². The van der Waals surface area contributed by atoms with Crippen LogP contribution in [0.1, 0.15) is 15.9 Å². The van der Waals surface area contributed by atoms with Crippen LogP contribution in [0.5, 0.6) is 0 Å². The molecule has 0 N–H and O–H groups in total. The first-order valence-corrected chi connectivity index (χ1v) is 7.48. The van der Waals surface area contributed by atoms with Gasteiger partial charge in [-0.3, -0.25) is 13.8 Å². The molecule has 2 rings (SSSR count). The van der Waals surface area contributed by atoms with Crippen molar-refractivity contribution in [3.05, 3.63) is 59.7 Å². The Balaban J connectivity index is 0.00000264. The number of carbonyl (C=O) groups excluding carboxylic acids is 1. The van der Waals surface area contributed by atoms with Crippen molar-refractivity contribution in [3.8, 4) is 0 Å². The van der Waals surface area contributed by atoms with Gasteiger partial charge in [-0.1, -0.05) is 0 Å². The van der Waals surface area contributed by atoms with Crippen molar-refractivity contribution >= 4 is 17.2 Å². The van der Waals surface area contributed by atoms with Gasteiger partial charge >= 0.3 is 0 Å². The molecule has 2 aromatic carbocycles. The van der Waals surface area contributed by atoms with Crippen molar-refractivity contribution in [2.24, 2.45) is 0 Å². The fraction of sp³-hybridized carbons (Fsp3) is 0.316. The largest absolute Gasteiger partial charge is 1.00 e. The van der Waals surface area contributed by atoms with Crippen LogP contribution in [0.15, 0.2) is 48.5 Å². The van der Waals surface area contributed by atoms with Gasteiger partial charge in [-0.15, -0.1) is 0 Å². The van der Waals surface area contributed by atoms with E-state index >= 15 is 0 Å². The van der Waals surface area contributed by atoms with Crippen LogP contribution in [-0.4, -0.2) is 48.1 Å². The maximum absolute atomic E-state index is 12.6. The van der Waals surface area contributed by atoms with Gasteiger partial charge in [0.2, 0.25) is 0 Å². The molecule has 0 bridgehead atoms. The van der Waals surface area contributed by atoms with Gasteiger partial charge in [-0.2, -0.15) is 0 Å². The van der Waals surface area contributed by atoms with Crippen LogP contribution < -0.4 is 33.8 Å². The highest BCUT2D eigenvalue weighted by Gasteiger charge is 2.16. The Bertz CT molecular complexity index is 607. The monoisotopic (exact) mass is 368 g/mol. The van der Waals surface area contributed by atoms with E-state index in [1.165, 1.54) is 11.4 Å². The quantitative estimate of drug-likeness (QED) is 0.424. The number of quaternary nitrogens is 2. The fourth-order valence-electron chi connectivity index (χ4n) is 2.29. The Morgan fingerprint density at radius 1 is 0.583 bits per heavy atom. The van der Waals surface area contributed by atoms with Crippen LogP contribution in [-0.2, 0) is 0 Å². The minimum absolute atomic E-state index is 0. The predicted molar refractivity (Wildman–Crippen MR) is 95.4 cm³/mol. The first-order valence-electron chi connectivity index (χ1n) is 7.48. The Labute approximate surface area is 157 Å². The van der Waals surface area contributed by atoms with Gasteiger partial charge in [-0.25, -0.2) is 0 Å². The van der Waals surface area contributed by atoms with Crippen LogP contribution in [0.4, 0.5) is 11.4 Å². The summed E-state index contributed by atoms with van der Waals surface area (Å²) in [5.74, 6) is 0.0703. The molecular formula is C19H26Cl2N2O. The average molecular weight is 369 g/mol. The minimum Gasteiger partial charge on any atom is -1.00 e. The molecule has 0 aliphatic carbocycles. The van der Waals surface area contributed by atoms with Gasteiger partial charge in [0.25, 0.3) is 0 Å². The number of rotatable bonds is 4. The number of ketones is 1. The molecule has 5 heteroatoms. The summed E-state index contributed by atoms with van der Waals surface area (Å²) in [6.07, 6.45) is 0. The van der Waals surface area contributed by atoms with Gasteiger partial charge in [0, 0.05) is 11.1 Å². The number of benzene rings is 2. The molecule has 0 aromatic heterocycles. The van der Waals surface area contributed by atoms with Gasteiger partial charge in [-0.05, 0) is 48.5 Å². The number of nitrogens with zero attached hydrogens (tertiary/aromatic N) is 2. The molecule has 0 radical (unpaired) electrons. The second-order valence-electron chi connectivity index (χ2n) is 7.45. The molecule has 0 atom stereocenters. The zero-order chi connectivity index (χ0) is 16.5. The summed E-state index contributed by atoms with van der Waals surface area (Å²) in [6, 6.07) is 15.7. The molecule has 132 valence electrons. The van der Waals surface area contributed by atoms with Crippen LogP contribution in [0.3, 0.4) is 0 Å². The zero-order valence-corrected chi connectivity index (χ0v) is 16.7. The summed E-state index contributed by atoms with van der Waals surface area (Å²) in [6.45, 7) is 0. The number of hydrogen-bond acceptors (Lipinski definition) is 1. The average Bonchev–Trinajstić information content (AvgIpc) is 2.45. The van der Waals surface area contributed by atoms with E-state index in [1.54, 1.807) is 0 Å². The summed E-state index contributed by atoms with van der Waals surface area (Å²) >= 11 is 0. The van der Waals surface area contributed by atoms with Crippen molar-refractivity contribution in [3.63, 3.8) is 0 Å². The van der Waals surface area contributed by atoms with E-state index in [-0.39, 0.29) is 30.6 Å². The molecule has 0 unspecified atom stereocenters. The van der Waals surface area contributed by atoms with Crippen LogP contribution >= 0.6 is 0 Å². The van der Waals surface area contributed by atoms with E-state index in [4.69, 9.17) is 0 Å². The lowest BCUT2D eigenvalue weighted by Crippen LogP contribution is -3.00. The van der Waals surface area contributed by atoms with E-state index in [9.17, 15) is 4.79 Å². The Morgan fingerprint density at radius 2 is 0.833 bits per heavy atom. The third kappa shape index (κ3) is 5.32. The lowest BCUT2D eigenvalue weighted by Gasteiger charge is -2.23. The molecule has 3 nitrogen and oxygen atoms in total. The van der Waals surface area contributed by atoms with Gasteiger partial charge in [0.1, 0.15) is 11.4 Å². The van der Waals surface area contributed by atoms with Gasteiger partial charge < -0.3 is 24.8 Å². The molecule has 0 heterocycles. The Kier molecular flexibility index (Phi) is 7.66. The molecule has 2 aromatic rings. The van der Waals surface area contributed by atoms with Crippen LogP contribution in [0, 0.1) is 0 Å². The van der Waals surface area contributed by atoms with Crippen molar-refractivity contribution in [2.75, 3.05) is 42.3 Å². The highest BCUT2D eigenvalue weighted by Crippen LogP contribution is 2.21. The maximum atomic E-state index is 12.6. The minimum atomic E-state index is 0. The summed E-state index contributed by atoms with van der Waals surface area (Å²) in [5.41, 5.74) is 3.82. The van der Waals surface area contributed by atoms with E-state index in [0.717, 1.165) is 20.1 Å². The lowest BCUT2D eigenvalue weighted by atomic mass is 10.0. The summed E-state index contributed by atoms with van der Waals surface area (Å²) in [4.78, 5) is 12.6. The van der Waals surface area contributed by atoms with Crippen LogP contribution in [0.25, 0.3) is 0 Å². The van der Waals surface area contributed by atoms with Gasteiger partial charge in [0.05, 0.1) is 42.3 Å². The fourth-order valence-corrected chi connectivity index (χ4v) is 2.29. The highest BCUT2D eigenvalue weighted by molar-refractivity contribution is 6.09. The van der Waals surface area contributed by atoms with Crippen LogP contribution in [0.2, 0.25) is 0 Å². The molecule has 0 aliphatic heterocycles. The first kappa shape index (κ1) is 22.6. The third-order valence-electron chi connectivity index (χ3n) is 3.81. The van der Waals surface area contributed by atoms with Gasteiger partial charge in [0.15, 0.2) is 5.78 Å². The smallest absolute Gasteiger partial charge is 0.193 e. The Hall–Kier alpha value is -1.39. The molecule has 0 aliphatic rings.